The fourth-order valence-corrected chi connectivity index (χ4v) is 2.58. The highest BCUT2D eigenvalue weighted by atomic mass is 35.5. The number of ether oxygens (including phenoxy) is 1. The van der Waals surface area contributed by atoms with Gasteiger partial charge in [-0.15, -0.1) is 11.3 Å². The van der Waals surface area contributed by atoms with Crippen LogP contribution < -0.4 is 5.73 Å². The highest BCUT2D eigenvalue weighted by Gasteiger charge is 2.11. The maximum atomic E-state index is 5.86. The first-order chi connectivity index (χ1) is 8.24. The number of aromatic nitrogens is 1. The zero-order chi connectivity index (χ0) is 12.3. The van der Waals surface area contributed by atoms with E-state index in [1.807, 2.05) is 24.3 Å². The average molecular weight is 269 g/mol. The van der Waals surface area contributed by atoms with Crippen molar-refractivity contribution < 1.29 is 4.74 Å². The molecule has 0 radical (unpaired) electrons. The first kappa shape index (κ1) is 12.5. The molecule has 0 saturated carbocycles. The number of halogens is 1. The fraction of sp³-hybridized carbons (Fsp3) is 0.250. The first-order valence-electron chi connectivity index (χ1n) is 5.18. The second-order valence-electron chi connectivity index (χ2n) is 3.53. The van der Waals surface area contributed by atoms with E-state index in [1.54, 1.807) is 18.4 Å². The molecule has 2 N–H and O–H groups in total. The van der Waals surface area contributed by atoms with Gasteiger partial charge in [-0.25, -0.2) is 4.98 Å². The average Bonchev–Trinajstić information content (AvgIpc) is 2.74. The smallest absolute Gasteiger partial charge is 0.124 e. The molecular formula is C12H13ClN2OS. The molecule has 0 amide bonds. The molecule has 0 aliphatic rings. The number of hydrogen-bond acceptors (Lipinski definition) is 4. The van der Waals surface area contributed by atoms with Crippen LogP contribution in [0.25, 0.3) is 10.6 Å². The second-order valence-corrected chi connectivity index (χ2v) is 5.05. The Bertz CT molecular complexity index is 496. The summed E-state index contributed by atoms with van der Waals surface area (Å²) in [5, 5.41) is 1.68. The molecule has 0 spiro atoms. The normalized spacial score (nSPS) is 10.8. The van der Waals surface area contributed by atoms with Gasteiger partial charge in [-0.1, -0.05) is 23.7 Å². The van der Waals surface area contributed by atoms with Crippen molar-refractivity contribution in [3.05, 3.63) is 39.9 Å². The lowest BCUT2D eigenvalue weighted by Crippen LogP contribution is -1.99. The molecule has 2 aromatic rings. The predicted molar refractivity (Wildman–Crippen MR) is 71.2 cm³/mol. The van der Waals surface area contributed by atoms with Crippen molar-refractivity contribution in [2.75, 3.05) is 7.11 Å². The van der Waals surface area contributed by atoms with Gasteiger partial charge in [-0.3, -0.25) is 0 Å². The van der Waals surface area contributed by atoms with Gasteiger partial charge >= 0.3 is 0 Å². The summed E-state index contributed by atoms with van der Waals surface area (Å²) in [6.45, 7) is 0.987. The summed E-state index contributed by atoms with van der Waals surface area (Å²) in [5.74, 6) is 0. The summed E-state index contributed by atoms with van der Waals surface area (Å²) in [4.78, 5) is 5.61. The molecule has 0 bridgehead atoms. The number of hydrogen-bond donors (Lipinski definition) is 1. The monoisotopic (exact) mass is 268 g/mol. The van der Waals surface area contributed by atoms with Crippen LogP contribution in [0.2, 0.25) is 5.02 Å². The molecule has 3 nitrogen and oxygen atoms in total. The van der Waals surface area contributed by atoms with Gasteiger partial charge in [0.2, 0.25) is 0 Å². The van der Waals surface area contributed by atoms with Crippen molar-refractivity contribution in [2.24, 2.45) is 5.73 Å². The van der Waals surface area contributed by atoms with Crippen molar-refractivity contribution in [1.82, 2.24) is 4.98 Å². The van der Waals surface area contributed by atoms with Crippen LogP contribution in [-0.4, -0.2) is 12.1 Å². The predicted octanol–water partition coefficient (Wildman–Crippen LogP) is 3.07. The summed E-state index contributed by atoms with van der Waals surface area (Å²) in [7, 11) is 1.65. The lowest BCUT2D eigenvalue weighted by atomic mass is 10.2. The molecule has 1 aromatic heterocycles. The minimum Gasteiger partial charge on any atom is -0.378 e. The Labute approximate surface area is 109 Å². The maximum absolute atomic E-state index is 5.86. The van der Waals surface area contributed by atoms with Gasteiger partial charge in [0.05, 0.1) is 12.3 Å². The molecule has 17 heavy (non-hydrogen) atoms. The molecule has 5 heteroatoms. The number of methoxy groups -OCH3 is 1. The van der Waals surface area contributed by atoms with E-state index in [1.165, 1.54) is 0 Å². The zero-order valence-electron chi connectivity index (χ0n) is 9.44. The van der Waals surface area contributed by atoms with E-state index in [-0.39, 0.29) is 0 Å². The van der Waals surface area contributed by atoms with Crippen LogP contribution in [-0.2, 0) is 17.9 Å². The number of nitrogens with zero attached hydrogens (tertiary/aromatic N) is 1. The molecule has 1 heterocycles. The largest absolute Gasteiger partial charge is 0.378 e. The Kier molecular flexibility index (Phi) is 4.12. The van der Waals surface area contributed by atoms with Crippen LogP contribution in [0.5, 0.6) is 0 Å². The van der Waals surface area contributed by atoms with Crippen molar-refractivity contribution in [1.29, 1.82) is 0 Å². The van der Waals surface area contributed by atoms with E-state index >= 15 is 0 Å². The lowest BCUT2D eigenvalue weighted by Gasteiger charge is -1.96. The van der Waals surface area contributed by atoms with E-state index in [0.717, 1.165) is 26.2 Å². The van der Waals surface area contributed by atoms with Crippen molar-refractivity contribution >= 4 is 22.9 Å². The summed E-state index contributed by atoms with van der Waals surface area (Å²) in [6.07, 6.45) is 0. The van der Waals surface area contributed by atoms with Gasteiger partial charge in [0.15, 0.2) is 0 Å². The Balaban J connectivity index is 2.35. The molecule has 0 aliphatic carbocycles. The van der Waals surface area contributed by atoms with E-state index in [4.69, 9.17) is 22.1 Å². The lowest BCUT2D eigenvalue weighted by molar-refractivity contribution is 0.181. The van der Waals surface area contributed by atoms with Gasteiger partial charge in [0.1, 0.15) is 5.01 Å². The van der Waals surface area contributed by atoms with Crippen molar-refractivity contribution in [2.45, 2.75) is 13.2 Å². The minimum absolute atomic E-state index is 0.490. The Morgan fingerprint density at radius 1 is 1.35 bits per heavy atom. The summed E-state index contributed by atoms with van der Waals surface area (Å²) < 4.78 is 5.11. The highest BCUT2D eigenvalue weighted by Crippen LogP contribution is 2.29. The molecule has 90 valence electrons. The second kappa shape index (κ2) is 5.60. The van der Waals surface area contributed by atoms with E-state index in [0.29, 0.717) is 13.2 Å². The van der Waals surface area contributed by atoms with Crippen LogP contribution in [0.3, 0.4) is 0 Å². The Morgan fingerprint density at radius 3 is 2.65 bits per heavy atom. The van der Waals surface area contributed by atoms with Crippen LogP contribution >= 0.6 is 22.9 Å². The SMILES string of the molecule is COCc1nc(-c2ccc(Cl)cc2)sc1CN. The third-order valence-electron chi connectivity index (χ3n) is 2.34. The molecule has 2 rings (SSSR count). The van der Waals surface area contributed by atoms with Crippen LogP contribution in [0.1, 0.15) is 10.6 Å². The number of rotatable bonds is 4. The summed E-state index contributed by atoms with van der Waals surface area (Å²) in [5.41, 5.74) is 7.66. The minimum atomic E-state index is 0.490. The third kappa shape index (κ3) is 2.84. The van der Waals surface area contributed by atoms with Gasteiger partial charge in [-0.2, -0.15) is 0 Å². The van der Waals surface area contributed by atoms with E-state index in [9.17, 15) is 0 Å². The topological polar surface area (TPSA) is 48.1 Å². The third-order valence-corrected chi connectivity index (χ3v) is 3.76. The Morgan fingerprint density at radius 2 is 2.06 bits per heavy atom. The van der Waals surface area contributed by atoms with Gasteiger partial charge < -0.3 is 10.5 Å². The van der Waals surface area contributed by atoms with E-state index < -0.39 is 0 Å². The first-order valence-corrected chi connectivity index (χ1v) is 6.37. The molecular weight excluding hydrogens is 256 g/mol. The molecule has 0 fully saturated rings. The maximum Gasteiger partial charge on any atom is 0.124 e. The highest BCUT2D eigenvalue weighted by molar-refractivity contribution is 7.15. The molecule has 0 atom stereocenters. The van der Waals surface area contributed by atoms with Gasteiger partial charge in [0, 0.05) is 29.1 Å². The quantitative estimate of drug-likeness (QED) is 0.927. The van der Waals surface area contributed by atoms with Crippen LogP contribution in [0, 0.1) is 0 Å². The zero-order valence-corrected chi connectivity index (χ0v) is 11.0. The molecule has 0 unspecified atom stereocenters. The van der Waals surface area contributed by atoms with Crippen LogP contribution in [0.15, 0.2) is 24.3 Å². The number of nitrogens with two attached hydrogens (primary N) is 1. The number of benzene rings is 1. The number of thiazole rings is 1. The van der Waals surface area contributed by atoms with Crippen molar-refractivity contribution in [3.8, 4) is 10.6 Å². The molecule has 0 aliphatic heterocycles. The molecule has 0 saturated heterocycles. The van der Waals surface area contributed by atoms with E-state index in [2.05, 4.69) is 4.98 Å². The summed E-state index contributed by atoms with van der Waals surface area (Å²) >= 11 is 7.45. The fourth-order valence-electron chi connectivity index (χ4n) is 1.51. The standard InChI is InChI=1S/C12H13ClN2OS/c1-16-7-10-11(6-14)17-12(15-10)8-2-4-9(13)5-3-8/h2-5H,6-7,14H2,1H3. The Hall–Kier alpha value is -0.940. The van der Waals surface area contributed by atoms with Gasteiger partial charge in [0.25, 0.3) is 0 Å². The van der Waals surface area contributed by atoms with Gasteiger partial charge in [-0.05, 0) is 12.1 Å². The molecule has 1 aromatic carbocycles. The van der Waals surface area contributed by atoms with Crippen LogP contribution in [0.4, 0.5) is 0 Å². The van der Waals surface area contributed by atoms with Crippen molar-refractivity contribution in [3.63, 3.8) is 0 Å². The summed E-state index contributed by atoms with van der Waals surface area (Å²) in [6, 6.07) is 7.63.